The molecule has 2 heterocycles. The van der Waals surface area contributed by atoms with Gasteiger partial charge >= 0.3 is 0 Å². The Kier molecular flexibility index (Phi) is 6.43. The van der Waals surface area contributed by atoms with Crippen molar-refractivity contribution in [3.05, 3.63) is 71.8 Å². The van der Waals surface area contributed by atoms with Crippen molar-refractivity contribution in [2.45, 2.75) is 34.7 Å². The number of ether oxygens (including phenoxy) is 1. The fraction of sp³-hybridized carbons (Fsp3) is 0.286. The van der Waals surface area contributed by atoms with Crippen molar-refractivity contribution in [1.29, 1.82) is 0 Å². The maximum atomic E-state index is 13.6. The molecule has 9 heteroatoms. The summed E-state index contributed by atoms with van der Waals surface area (Å²) in [7, 11) is 0. The van der Waals surface area contributed by atoms with Crippen molar-refractivity contribution in [2.24, 2.45) is 0 Å². The van der Waals surface area contributed by atoms with Crippen LogP contribution in [0.2, 0.25) is 5.02 Å². The molecule has 0 aliphatic carbocycles. The highest BCUT2D eigenvalue weighted by Gasteiger charge is 2.46. The lowest BCUT2D eigenvalue weighted by Crippen LogP contribution is -2.54. The minimum Gasteiger partial charge on any atom is -0.394 e. The Labute approximate surface area is 181 Å². The second kappa shape index (κ2) is 9.05. The first kappa shape index (κ1) is 21.3. The van der Waals surface area contributed by atoms with Crippen LogP contribution in [0.5, 0.6) is 0 Å². The molecule has 5 atom stereocenters. The van der Waals surface area contributed by atoms with Crippen molar-refractivity contribution in [1.82, 2.24) is 9.78 Å². The van der Waals surface area contributed by atoms with Gasteiger partial charge in [0.1, 0.15) is 35.6 Å². The van der Waals surface area contributed by atoms with Crippen molar-refractivity contribution in [2.75, 3.05) is 6.61 Å². The fourth-order valence-electron chi connectivity index (χ4n) is 3.47. The van der Waals surface area contributed by atoms with Crippen LogP contribution in [0, 0.1) is 5.82 Å². The highest BCUT2D eigenvalue weighted by Crippen LogP contribution is 2.38. The Balaban J connectivity index is 1.62. The predicted molar refractivity (Wildman–Crippen MR) is 112 cm³/mol. The Hall–Kier alpha value is -1.94. The Morgan fingerprint density at radius 2 is 1.90 bits per heavy atom. The van der Waals surface area contributed by atoms with Crippen LogP contribution in [0.1, 0.15) is 6.04 Å². The molecule has 158 valence electrons. The predicted octanol–water partition coefficient (Wildman–Crippen LogP) is 3.12. The van der Waals surface area contributed by atoms with E-state index in [9.17, 15) is 19.7 Å². The number of nitrogens with zero attached hydrogens (tertiary/aromatic N) is 2. The molecule has 0 bridgehead atoms. The lowest BCUT2D eigenvalue weighted by molar-refractivity contribution is -0.178. The first-order chi connectivity index (χ1) is 14.5. The molecule has 6 nitrogen and oxygen atoms in total. The van der Waals surface area contributed by atoms with E-state index in [2.05, 4.69) is 5.10 Å². The molecule has 3 aromatic rings. The SMILES string of the molecule is OC[C@H]1O[C@H](Sc2cccc(Cl)c2)[C@H](O)[C@@H](n2cc(-c3cccc(F)c3)cn2)[C@H]1O. The van der Waals surface area contributed by atoms with Crippen molar-refractivity contribution in [3.8, 4) is 11.1 Å². The van der Waals surface area contributed by atoms with Gasteiger partial charge in [-0.15, -0.1) is 0 Å². The van der Waals surface area contributed by atoms with Gasteiger partial charge in [0, 0.05) is 21.7 Å². The van der Waals surface area contributed by atoms with E-state index in [4.69, 9.17) is 16.3 Å². The van der Waals surface area contributed by atoms with E-state index in [0.29, 0.717) is 16.1 Å². The summed E-state index contributed by atoms with van der Waals surface area (Å²) in [4.78, 5) is 0.777. The van der Waals surface area contributed by atoms with E-state index in [1.54, 1.807) is 36.5 Å². The van der Waals surface area contributed by atoms with Crippen molar-refractivity contribution < 1.29 is 24.4 Å². The summed E-state index contributed by atoms with van der Waals surface area (Å²) in [6.07, 6.45) is -0.0610. The summed E-state index contributed by atoms with van der Waals surface area (Å²) >= 11 is 7.28. The standard InChI is InChI=1S/C21H20ClFN2O4S/c22-14-4-2-6-16(8-14)30-21-20(28)18(19(27)17(11-26)29-21)25-10-13(9-24-25)12-3-1-5-15(23)7-12/h1-10,17-21,26-28H,11H2/t17-,18+,19+,20-,21-/m1/s1. The summed E-state index contributed by atoms with van der Waals surface area (Å²) in [6.45, 7) is -0.422. The summed E-state index contributed by atoms with van der Waals surface area (Å²) in [6, 6.07) is 12.3. The number of rotatable bonds is 5. The zero-order chi connectivity index (χ0) is 21.3. The molecule has 0 saturated carbocycles. The van der Waals surface area contributed by atoms with E-state index in [-0.39, 0.29) is 5.82 Å². The molecule has 1 aromatic heterocycles. The molecule has 0 radical (unpaired) electrons. The van der Waals surface area contributed by atoms with Crippen LogP contribution in [0.3, 0.4) is 0 Å². The van der Waals surface area contributed by atoms with E-state index < -0.39 is 36.4 Å². The van der Waals surface area contributed by atoms with E-state index in [0.717, 1.165) is 4.90 Å². The molecule has 0 unspecified atom stereocenters. The molecule has 2 aromatic carbocycles. The number of hydrogen-bond acceptors (Lipinski definition) is 6. The number of hydrogen-bond donors (Lipinski definition) is 3. The average molecular weight is 451 g/mol. The average Bonchev–Trinajstić information content (AvgIpc) is 3.20. The van der Waals surface area contributed by atoms with Gasteiger partial charge in [0.15, 0.2) is 0 Å². The number of halogens is 2. The molecule has 1 saturated heterocycles. The lowest BCUT2D eigenvalue weighted by Gasteiger charge is -2.42. The normalized spacial score (nSPS) is 26.6. The molecule has 0 spiro atoms. The Morgan fingerprint density at radius 3 is 2.63 bits per heavy atom. The molecule has 0 amide bonds. The molecular weight excluding hydrogens is 431 g/mol. The number of aliphatic hydroxyl groups is 3. The van der Waals surface area contributed by atoms with Gasteiger partial charge < -0.3 is 20.1 Å². The summed E-state index contributed by atoms with van der Waals surface area (Å²) in [5.74, 6) is -0.371. The van der Waals surface area contributed by atoms with E-state index in [1.807, 2.05) is 6.07 Å². The first-order valence-corrected chi connectivity index (χ1v) is 10.6. The fourth-order valence-corrected chi connectivity index (χ4v) is 4.84. The highest BCUT2D eigenvalue weighted by molar-refractivity contribution is 7.99. The van der Waals surface area contributed by atoms with Gasteiger partial charge in [-0.05, 0) is 35.9 Å². The highest BCUT2D eigenvalue weighted by atomic mass is 35.5. The quantitative estimate of drug-likeness (QED) is 0.553. The molecular formula is C21H20ClFN2O4S. The molecule has 4 rings (SSSR count). The lowest BCUT2D eigenvalue weighted by atomic mass is 9.97. The Morgan fingerprint density at radius 1 is 1.10 bits per heavy atom. The van der Waals surface area contributed by atoms with Gasteiger partial charge in [0.05, 0.1) is 12.8 Å². The third kappa shape index (κ3) is 4.39. The van der Waals surface area contributed by atoms with Gasteiger partial charge in [-0.1, -0.05) is 41.6 Å². The first-order valence-electron chi connectivity index (χ1n) is 9.31. The maximum Gasteiger partial charge on any atom is 0.136 e. The molecule has 1 aliphatic heterocycles. The van der Waals surface area contributed by atoms with Crippen molar-refractivity contribution >= 4 is 23.4 Å². The van der Waals surface area contributed by atoms with Crippen LogP contribution in [-0.2, 0) is 4.74 Å². The summed E-state index contributed by atoms with van der Waals surface area (Å²) in [5, 5.41) is 36.2. The summed E-state index contributed by atoms with van der Waals surface area (Å²) < 4.78 is 20.7. The van der Waals surface area contributed by atoms with Gasteiger partial charge in [0.2, 0.25) is 0 Å². The van der Waals surface area contributed by atoms with Crippen molar-refractivity contribution in [3.63, 3.8) is 0 Å². The van der Waals surface area contributed by atoms with Gasteiger partial charge in [0.25, 0.3) is 0 Å². The second-order valence-electron chi connectivity index (χ2n) is 6.99. The van der Waals surface area contributed by atoms with Crippen LogP contribution in [-0.4, -0.2) is 55.5 Å². The number of thioether (sulfide) groups is 1. The number of benzene rings is 2. The van der Waals surface area contributed by atoms with Crippen LogP contribution in [0.4, 0.5) is 4.39 Å². The van der Waals surface area contributed by atoms with Crippen LogP contribution in [0.25, 0.3) is 11.1 Å². The van der Waals surface area contributed by atoms with Gasteiger partial charge in [-0.25, -0.2) is 4.39 Å². The smallest absolute Gasteiger partial charge is 0.136 e. The zero-order valence-corrected chi connectivity index (χ0v) is 17.2. The van der Waals surface area contributed by atoms with Gasteiger partial charge in [-0.3, -0.25) is 4.68 Å². The second-order valence-corrected chi connectivity index (χ2v) is 8.60. The molecule has 3 N–H and O–H groups in total. The third-order valence-corrected chi connectivity index (χ3v) is 6.35. The van der Waals surface area contributed by atoms with Crippen LogP contribution < -0.4 is 0 Å². The Bertz CT molecular complexity index is 1020. The largest absolute Gasteiger partial charge is 0.394 e. The van der Waals surface area contributed by atoms with Gasteiger partial charge in [-0.2, -0.15) is 5.10 Å². The number of aliphatic hydroxyl groups excluding tert-OH is 3. The molecule has 1 aliphatic rings. The van der Waals surface area contributed by atoms with Crippen LogP contribution >= 0.6 is 23.4 Å². The molecule has 30 heavy (non-hydrogen) atoms. The topological polar surface area (TPSA) is 87.7 Å². The monoisotopic (exact) mass is 450 g/mol. The third-order valence-electron chi connectivity index (χ3n) is 4.96. The van der Waals surface area contributed by atoms with E-state index >= 15 is 0 Å². The minimum absolute atomic E-state index is 0.371. The maximum absolute atomic E-state index is 13.6. The minimum atomic E-state index is -1.19. The van der Waals surface area contributed by atoms with Crippen LogP contribution in [0.15, 0.2) is 65.8 Å². The zero-order valence-electron chi connectivity index (χ0n) is 15.7. The molecule has 1 fully saturated rings. The summed E-state index contributed by atoms with van der Waals surface area (Å²) in [5.41, 5.74) is 0.497. The van der Waals surface area contributed by atoms with E-state index in [1.165, 1.54) is 34.8 Å². The number of aromatic nitrogens is 2.